The molecule has 1 saturated heterocycles. The van der Waals surface area contributed by atoms with Gasteiger partial charge in [-0.1, -0.05) is 0 Å². The van der Waals surface area contributed by atoms with Crippen molar-refractivity contribution in [3.05, 3.63) is 23.8 Å². The van der Waals surface area contributed by atoms with E-state index in [0.29, 0.717) is 0 Å². The largest absolute Gasteiger partial charge is 0.380 e. The van der Waals surface area contributed by atoms with E-state index in [1.807, 2.05) is 26.2 Å². The Kier molecular flexibility index (Phi) is 5.69. The van der Waals surface area contributed by atoms with Gasteiger partial charge in [-0.05, 0) is 13.8 Å². The Morgan fingerprint density at radius 2 is 1.84 bits per heavy atom. The summed E-state index contributed by atoms with van der Waals surface area (Å²) in [6.45, 7) is 12.1. The molecule has 0 N–H and O–H groups in total. The number of hydrogen-bond acceptors (Lipinski definition) is 5. The fourth-order valence-electron chi connectivity index (χ4n) is 2.24. The molecule has 19 heavy (non-hydrogen) atoms. The summed E-state index contributed by atoms with van der Waals surface area (Å²) in [4.78, 5) is 13.6. The van der Waals surface area contributed by atoms with Crippen molar-refractivity contribution in [3.8, 4) is 0 Å². The summed E-state index contributed by atoms with van der Waals surface area (Å²) >= 11 is 0. The van der Waals surface area contributed by atoms with Gasteiger partial charge in [0.2, 0.25) is 0 Å². The van der Waals surface area contributed by atoms with Gasteiger partial charge in [-0.2, -0.15) is 0 Å². The fraction of sp³-hybridized carbons (Fsp3) is 0.714. The molecule has 1 aliphatic rings. The molecule has 1 aromatic rings. The molecule has 0 radical (unpaired) electrons. The Balaban J connectivity index is 1.69. The number of rotatable bonds is 6. The summed E-state index contributed by atoms with van der Waals surface area (Å²) in [6.07, 6.45) is 3.73. The van der Waals surface area contributed by atoms with Gasteiger partial charge in [0.15, 0.2) is 0 Å². The molecule has 0 amide bonds. The van der Waals surface area contributed by atoms with Gasteiger partial charge >= 0.3 is 0 Å². The molecule has 0 spiro atoms. The van der Waals surface area contributed by atoms with Gasteiger partial charge in [-0.15, -0.1) is 0 Å². The van der Waals surface area contributed by atoms with Crippen molar-refractivity contribution in [2.24, 2.45) is 0 Å². The summed E-state index contributed by atoms with van der Waals surface area (Å²) in [5.74, 6) is 0. The lowest BCUT2D eigenvalue weighted by Crippen LogP contribution is -2.46. The minimum absolute atomic E-state index is 0.812. The molecule has 106 valence electrons. The number of nitrogens with zero attached hydrogens (tertiary/aromatic N) is 4. The average Bonchev–Trinajstić information content (AvgIpc) is 2.44. The second-order valence-corrected chi connectivity index (χ2v) is 4.96. The molecule has 0 saturated carbocycles. The molecule has 0 atom stereocenters. The maximum absolute atomic E-state index is 5.40. The van der Waals surface area contributed by atoms with Crippen LogP contribution in [-0.2, 0) is 11.3 Å². The van der Waals surface area contributed by atoms with Crippen molar-refractivity contribution in [2.45, 2.75) is 20.4 Å². The fourth-order valence-corrected chi connectivity index (χ4v) is 2.24. The molecular weight excluding hydrogens is 240 g/mol. The summed E-state index contributed by atoms with van der Waals surface area (Å²) in [5, 5.41) is 0. The van der Waals surface area contributed by atoms with Crippen LogP contribution in [0.2, 0.25) is 0 Å². The van der Waals surface area contributed by atoms with Crippen LogP contribution < -0.4 is 0 Å². The lowest BCUT2D eigenvalue weighted by atomic mass is 10.3. The highest BCUT2D eigenvalue weighted by atomic mass is 16.5. The van der Waals surface area contributed by atoms with Crippen LogP contribution in [0, 0.1) is 6.92 Å². The average molecular weight is 264 g/mol. The zero-order chi connectivity index (χ0) is 13.5. The van der Waals surface area contributed by atoms with Crippen molar-refractivity contribution >= 4 is 0 Å². The number of ether oxygens (including phenoxy) is 1. The molecule has 1 fully saturated rings. The van der Waals surface area contributed by atoms with Gasteiger partial charge in [0.05, 0.1) is 18.0 Å². The first-order valence-corrected chi connectivity index (χ1v) is 7.08. The number of aryl methyl sites for hydroxylation is 1. The van der Waals surface area contributed by atoms with Crippen LogP contribution >= 0.6 is 0 Å². The van der Waals surface area contributed by atoms with Crippen LogP contribution in [0.15, 0.2) is 12.4 Å². The Morgan fingerprint density at radius 3 is 2.47 bits per heavy atom. The third-order valence-corrected chi connectivity index (χ3v) is 3.44. The highest BCUT2D eigenvalue weighted by Gasteiger charge is 2.16. The molecule has 1 aromatic heterocycles. The summed E-state index contributed by atoms with van der Waals surface area (Å²) in [5.41, 5.74) is 2.04. The van der Waals surface area contributed by atoms with Gasteiger partial charge in [-0.3, -0.25) is 19.8 Å². The third-order valence-electron chi connectivity index (χ3n) is 3.44. The summed E-state index contributed by atoms with van der Waals surface area (Å²) in [6, 6.07) is 0. The first kappa shape index (κ1) is 14.4. The maximum Gasteiger partial charge on any atom is 0.0727 e. The predicted molar refractivity (Wildman–Crippen MR) is 75.0 cm³/mol. The van der Waals surface area contributed by atoms with Gasteiger partial charge in [0.25, 0.3) is 0 Å². The van der Waals surface area contributed by atoms with E-state index < -0.39 is 0 Å². The number of hydrogen-bond donors (Lipinski definition) is 0. The Morgan fingerprint density at radius 1 is 1.11 bits per heavy atom. The quantitative estimate of drug-likeness (QED) is 0.715. The van der Waals surface area contributed by atoms with Crippen molar-refractivity contribution in [2.75, 3.05) is 45.9 Å². The van der Waals surface area contributed by atoms with E-state index in [0.717, 1.165) is 63.9 Å². The Hall–Kier alpha value is -1.04. The van der Waals surface area contributed by atoms with E-state index in [4.69, 9.17) is 4.74 Å². The lowest BCUT2D eigenvalue weighted by Gasteiger charge is -2.34. The minimum atomic E-state index is 0.812. The zero-order valence-corrected chi connectivity index (χ0v) is 12.0. The van der Waals surface area contributed by atoms with Crippen LogP contribution in [0.1, 0.15) is 18.3 Å². The van der Waals surface area contributed by atoms with Gasteiger partial charge in [0, 0.05) is 58.3 Å². The van der Waals surface area contributed by atoms with E-state index in [1.54, 1.807) is 0 Å². The zero-order valence-electron chi connectivity index (χ0n) is 12.0. The van der Waals surface area contributed by atoms with Crippen LogP contribution in [0.3, 0.4) is 0 Å². The van der Waals surface area contributed by atoms with Gasteiger partial charge in [0.1, 0.15) is 0 Å². The minimum Gasteiger partial charge on any atom is -0.380 e. The van der Waals surface area contributed by atoms with E-state index >= 15 is 0 Å². The molecular formula is C14H24N4O. The monoisotopic (exact) mass is 264 g/mol. The van der Waals surface area contributed by atoms with E-state index in [9.17, 15) is 0 Å². The molecule has 0 bridgehead atoms. The topological polar surface area (TPSA) is 41.5 Å². The van der Waals surface area contributed by atoms with E-state index in [1.165, 1.54) is 0 Å². The van der Waals surface area contributed by atoms with Crippen molar-refractivity contribution < 1.29 is 4.74 Å². The molecule has 2 rings (SSSR count). The second-order valence-electron chi connectivity index (χ2n) is 4.96. The standard InChI is InChI=1S/C14H24N4O/c1-3-19-9-8-17-4-6-18(7-5-17)12-14-11-15-13(2)10-16-14/h10-11H,3-9,12H2,1-2H3. The van der Waals surface area contributed by atoms with Crippen LogP contribution in [-0.4, -0.2) is 65.7 Å². The van der Waals surface area contributed by atoms with Crippen LogP contribution in [0.5, 0.6) is 0 Å². The van der Waals surface area contributed by atoms with Gasteiger partial charge < -0.3 is 4.74 Å². The maximum atomic E-state index is 5.40. The molecule has 1 aliphatic heterocycles. The highest BCUT2D eigenvalue weighted by molar-refractivity contribution is 5.00. The number of piperazine rings is 1. The van der Waals surface area contributed by atoms with Crippen molar-refractivity contribution in [1.29, 1.82) is 0 Å². The Labute approximate surface area is 115 Å². The highest BCUT2D eigenvalue weighted by Crippen LogP contribution is 2.06. The summed E-state index contributed by atoms with van der Waals surface area (Å²) in [7, 11) is 0. The molecule has 0 aromatic carbocycles. The lowest BCUT2D eigenvalue weighted by molar-refractivity contribution is 0.0781. The van der Waals surface area contributed by atoms with Crippen LogP contribution in [0.4, 0.5) is 0 Å². The first-order chi connectivity index (χ1) is 9.28. The van der Waals surface area contributed by atoms with Gasteiger partial charge in [-0.25, -0.2) is 0 Å². The summed E-state index contributed by atoms with van der Waals surface area (Å²) < 4.78 is 5.40. The van der Waals surface area contributed by atoms with Crippen molar-refractivity contribution in [3.63, 3.8) is 0 Å². The molecule has 5 heteroatoms. The predicted octanol–water partition coefficient (Wildman–Crippen LogP) is 0.939. The molecule has 2 heterocycles. The van der Waals surface area contributed by atoms with Crippen molar-refractivity contribution in [1.82, 2.24) is 19.8 Å². The first-order valence-electron chi connectivity index (χ1n) is 7.08. The molecule has 0 aliphatic carbocycles. The van der Waals surface area contributed by atoms with Crippen LogP contribution in [0.25, 0.3) is 0 Å². The Bertz CT molecular complexity index is 360. The van der Waals surface area contributed by atoms with E-state index in [-0.39, 0.29) is 0 Å². The second kappa shape index (κ2) is 7.53. The normalized spacial score (nSPS) is 17.8. The smallest absolute Gasteiger partial charge is 0.0727 e. The molecule has 0 unspecified atom stereocenters. The number of aromatic nitrogens is 2. The molecule has 5 nitrogen and oxygen atoms in total. The third kappa shape index (κ3) is 4.86. The SMILES string of the molecule is CCOCCN1CCN(Cc2cnc(C)cn2)CC1. The van der Waals surface area contributed by atoms with E-state index in [2.05, 4.69) is 19.8 Å².